The largest absolute Gasteiger partial charge is 0.416 e. The summed E-state index contributed by atoms with van der Waals surface area (Å²) in [6.07, 6.45) is -0.649. The van der Waals surface area contributed by atoms with E-state index in [2.05, 4.69) is 18.3 Å². The topological polar surface area (TPSA) is 32.7 Å². The standard InChI is InChI=1S/C22H19F3N2O/c1-3-4-20(26-2)21(28)27-12-11-16-5-6-17(13-18(16)14-27)15-7-9-19(10-8-15)22(23,24)25/h3-10,13H,1-2,11-12,14H2/b20-4-. The quantitative estimate of drug-likeness (QED) is 0.414. The molecule has 0 radical (unpaired) electrons. The molecule has 0 bridgehead atoms. The fourth-order valence-corrected chi connectivity index (χ4v) is 3.23. The summed E-state index contributed by atoms with van der Waals surface area (Å²) in [5, 5.41) is 0. The number of nitrogens with zero attached hydrogens (tertiary/aromatic N) is 2. The molecule has 0 fully saturated rings. The maximum Gasteiger partial charge on any atom is 0.416 e. The molecule has 1 aliphatic heterocycles. The second-order valence-electron chi connectivity index (χ2n) is 6.48. The number of carbonyl (C=O) groups excluding carboxylic acids is 1. The lowest BCUT2D eigenvalue weighted by atomic mass is 9.94. The minimum Gasteiger partial charge on any atom is -0.333 e. The third-order valence-corrected chi connectivity index (χ3v) is 4.72. The van der Waals surface area contributed by atoms with Crippen molar-refractivity contribution in [2.24, 2.45) is 4.99 Å². The molecule has 0 saturated heterocycles. The van der Waals surface area contributed by atoms with Gasteiger partial charge < -0.3 is 4.90 Å². The normalized spacial score (nSPS) is 14.4. The molecule has 144 valence electrons. The number of fused-ring (bicyclic) bond motifs is 1. The third-order valence-electron chi connectivity index (χ3n) is 4.72. The average molecular weight is 384 g/mol. The van der Waals surface area contributed by atoms with E-state index in [4.69, 9.17) is 0 Å². The van der Waals surface area contributed by atoms with Gasteiger partial charge >= 0.3 is 6.18 Å². The highest BCUT2D eigenvalue weighted by Gasteiger charge is 2.30. The van der Waals surface area contributed by atoms with E-state index in [9.17, 15) is 18.0 Å². The zero-order valence-corrected chi connectivity index (χ0v) is 15.2. The number of aliphatic imine (C=N–C) groups is 1. The zero-order chi connectivity index (χ0) is 20.3. The summed E-state index contributed by atoms with van der Waals surface area (Å²) in [5.41, 5.74) is 3.16. The number of rotatable bonds is 4. The molecule has 6 heteroatoms. The van der Waals surface area contributed by atoms with Gasteiger partial charge in [-0.2, -0.15) is 13.2 Å². The van der Waals surface area contributed by atoms with Crippen molar-refractivity contribution in [3.8, 4) is 11.1 Å². The van der Waals surface area contributed by atoms with Crippen LogP contribution in [0.1, 0.15) is 16.7 Å². The minimum atomic E-state index is -4.36. The number of hydrogen-bond donors (Lipinski definition) is 0. The van der Waals surface area contributed by atoms with Crippen LogP contribution in [-0.2, 0) is 23.9 Å². The number of alkyl halides is 3. The van der Waals surface area contributed by atoms with Crippen LogP contribution in [0.3, 0.4) is 0 Å². The number of amides is 1. The lowest BCUT2D eigenvalue weighted by Gasteiger charge is -2.29. The number of carbonyl (C=O) groups is 1. The van der Waals surface area contributed by atoms with Crippen molar-refractivity contribution in [3.63, 3.8) is 0 Å². The molecule has 28 heavy (non-hydrogen) atoms. The highest BCUT2D eigenvalue weighted by atomic mass is 19.4. The molecule has 0 unspecified atom stereocenters. The molecule has 0 spiro atoms. The molecule has 0 N–H and O–H groups in total. The van der Waals surface area contributed by atoms with E-state index in [1.807, 2.05) is 18.2 Å². The second kappa shape index (κ2) is 7.84. The van der Waals surface area contributed by atoms with Crippen LogP contribution in [0.25, 0.3) is 11.1 Å². The SMILES string of the molecule is C=C/C=C(\N=C)C(=O)N1CCc2ccc(-c3ccc(C(F)(F)F)cc3)cc2C1. The Kier molecular flexibility index (Phi) is 5.49. The van der Waals surface area contributed by atoms with E-state index in [1.165, 1.54) is 24.3 Å². The van der Waals surface area contributed by atoms with Gasteiger partial charge in [-0.05, 0) is 59.7 Å². The van der Waals surface area contributed by atoms with Crippen molar-refractivity contribution >= 4 is 12.6 Å². The first kappa shape index (κ1) is 19.6. The first-order chi connectivity index (χ1) is 13.3. The molecule has 2 aromatic rings. The Bertz CT molecular complexity index is 943. The van der Waals surface area contributed by atoms with Crippen LogP contribution in [0.15, 0.2) is 71.9 Å². The number of benzene rings is 2. The molecule has 0 atom stereocenters. The molecule has 1 amide bonds. The summed E-state index contributed by atoms with van der Waals surface area (Å²) < 4.78 is 38.3. The van der Waals surface area contributed by atoms with Crippen LogP contribution < -0.4 is 0 Å². The molecule has 3 nitrogen and oxygen atoms in total. The van der Waals surface area contributed by atoms with E-state index in [0.717, 1.165) is 28.8 Å². The van der Waals surface area contributed by atoms with Crippen molar-refractivity contribution < 1.29 is 18.0 Å². The van der Waals surface area contributed by atoms with Crippen LogP contribution in [0, 0.1) is 0 Å². The van der Waals surface area contributed by atoms with Gasteiger partial charge in [0.1, 0.15) is 5.70 Å². The summed E-state index contributed by atoms with van der Waals surface area (Å²) >= 11 is 0. The lowest BCUT2D eigenvalue weighted by molar-refractivity contribution is -0.137. The van der Waals surface area contributed by atoms with Gasteiger partial charge in [0.15, 0.2) is 0 Å². The molecule has 1 aliphatic rings. The Labute approximate surface area is 161 Å². The maximum absolute atomic E-state index is 12.8. The van der Waals surface area contributed by atoms with Crippen LogP contribution in [-0.4, -0.2) is 24.1 Å². The highest BCUT2D eigenvalue weighted by molar-refractivity contribution is 5.94. The van der Waals surface area contributed by atoms with Crippen molar-refractivity contribution in [3.05, 3.63) is 83.6 Å². The summed E-state index contributed by atoms with van der Waals surface area (Å²) in [7, 11) is 0. The monoisotopic (exact) mass is 384 g/mol. The van der Waals surface area contributed by atoms with Gasteiger partial charge in [-0.15, -0.1) is 0 Å². The van der Waals surface area contributed by atoms with Gasteiger partial charge in [-0.1, -0.05) is 36.9 Å². The van der Waals surface area contributed by atoms with Gasteiger partial charge in [-0.25, -0.2) is 0 Å². The van der Waals surface area contributed by atoms with E-state index in [-0.39, 0.29) is 11.6 Å². The summed E-state index contributed by atoms with van der Waals surface area (Å²) in [6.45, 7) is 7.97. The lowest BCUT2D eigenvalue weighted by Crippen LogP contribution is -2.36. The van der Waals surface area contributed by atoms with E-state index < -0.39 is 11.7 Å². The Morgan fingerprint density at radius 3 is 2.36 bits per heavy atom. The van der Waals surface area contributed by atoms with Gasteiger partial charge in [0.2, 0.25) is 0 Å². The number of halogens is 3. The molecule has 0 saturated carbocycles. The third kappa shape index (κ3) is 4.06. The summed E-state index contributed by atoms with van der Waals surface area (Å²) in [5.74, 6) is -0.222. The van der Waals surface area contributed by atoms with Gasteiger partial charge in [0.25, 0.3) is 5.91 Å². The first-order valence-corrected chi connectivity index (χ1v) is 8.71. The average Bonchev–Trinajstić information content (AvgIpc) is 2.70. The molecule has 0 aliphatic carbocycles. The van der Waals surface area contributed by atoms with Crippen LogP contribution in [0.2, 0.25) is 0 Å². The van der Waals surface area contributed by atoms with E-state index in [1.54, 1.807) is 4.90 Å². The zero-order valence-electron chi connectivity index (χ0n) is 15.2. The Hall–Kier alpha value is -3.15. The summed E-state index contributed by atoms with van der Waals surface area (Å²) in [4.78, 5) is 18.0. The van der Waals surface area contributed by atoms with Gasteiger partial charge in [0.05, 0.1) is 5.56 Å². The van der Waals surface area contributed by atoms with Crippen LogP contribution in [0.5, 0.6) is 0 Å². The smallest absolute Gasteiger partial charge is 0.333 e. The predicted molar refractivity (Wildman–Crippen MR) is 104 cm³/mol. The molecular formula is C22H19F3N2O. The fraction of sp³-hybridized carbons (Fsp3) is 0.182. The Balaban J connectivity index is 1.85. The minimum absolute atomic E-state index is 0.222. The van der Waals surface area contributed by atoms with Crippen LogP contribution in [0.4, 0.5) is 13.2 Å². The predicted octanol–water partition coefficient (Wildman–Crippen LogP) is 5.03. The molecule has 0 aromatic heterocycles. The molecule has 2 aromatic carbocycles. The second-order valence-corrected chi connectivity index (χ2v) is 6.48. The van der Waals surface area contributed by atoms with Crippen LogP contribution >= 0.6 is 0 Å². The fourth-order valence-electron chi connectivity index (χ4n) is 3.23. The van der Waals surface area contributed by atoms with Crippen molar-refractivity contribution in [2.75, 3.05) is 6.54 Å². The highest BCUT2D eigenvalue weighted by Crippen LogP contribution is 2.32. The molecular weight excluding hydrogens is 365 g/mol. The van der Waals surface area contributed by atoms with E-state index >= 15 is 0 Å². The number of hydrogen-bond acceptors (Lipinski definition) is 2. The van der Waals surface area contributed by atoms with Crippen molar-refractivity contribution in [1.29, 1.82) is 0 Å². The Morgan fingerprint density at radius 2 is 1.75 bits per heavy atom. The summed E-state index contributed by atoms with van der Waals surface area (Å²) in [6, 6.07) is 10.9. The number of allylic oxidation sites excluding steroid dienone is 2. The molecule has 1 heterocycles. The van der Waals surface area contributed by atoms with Crippen molar-refractivity contribution in [2.45, 2.75) is 19.1 Å². The molecule has 3 rings (SSSR count). The first-order valence-electron chi connectivity index (χ1n) is 8.71. The van der Waals surface area contributed by atoms with E-state index in [0.29, 0.717) is 25.1 Å². The van der Waals surface area contributed by atoms with Gasteiger partial charge in [-0.3, -0.25) is 9.79 Å². The van der Waals surface area contributed by atoms with Gasteiger partial charge in [0, 0.05) is 13.1 Å². The maximum atomic E-state index is 12.8. The van der Waals surface area contributed by atoms with Crippen molar-refractivity contribution in [1.82, 2.24) is 4.90 Å². The Morgan fingerprint density at radius 1 is 1.07 bits per heavy atom.